The maximum atomic E-state index is 4.55. The Balaban J connectivity index is 1.65. The molecule has 0 fully saturated rings. The molecule has 3 aromatic carbocycles. The summed E-state index contributed by atoms with van der Waals surface area (Å²) in [5.41, 5.74) is 12.2. The number of hydrazone groups is 1. The minimum atomic E-state index is 0.110. The SMILES string of the molecule is Cc1ccc(C)c(/C=N/NC2c3ccccc3-c3ccccc32)c1. The normalized spacial score (nSPS) is 13.1. The van der Waals surface area contributed by atoms with E-state index in [0.717, 1.165) is 5.56 Å². The molecule has 0 amide bonds. The molecule has 0 heterocycles. The second-order valence-electron chi connectivity index (χ2n) is 6.35. The Bertz CT molecular complexity index is 879. The summed E-state index contributed by atoms with van der Waals surface area (Å²) in [7, 11) is 0. The average molecular weight is 312 g/mol. The van der Waals surface area contributed by atoms with Gasteiger partial charge in [-0.1, -0.05) is 72.3 Å². The lowest BCUT2D eigenvalue weighted by molar-refractivity contribution is 0.655. The van der Waals surface area contributed by atoms with Crippen molar-refractivity contribution in [1.29, 1.82) is 0 Å². The van der Waals surface area contributed by atoms with E-state index < -0.39 is 0 Å². The lowest BCUT2D eigenvalue weighted by Gasteiger charge is -2.13. The zero-order chi connectivity index (χ0) is 16.5. The molecular weight excluding hydrogens is 292 g/mol. The second kappa shape index (κ2) is 5.97. The zero-order valence-corrected chi connectivity index (χ0v) is 14.0. The average Bonchev–Trinajstić information content (AvgIpc) is 2.93. The van der Waals surface area contributed by atoms with E-state index in [0.29, 0.717) is 0 Å². The van der Waals surface area contributed by atoms with Crippen molar-refractivity contribution in [3.8, 4) is 11.1 Å². The molecule has 24 heavy (non-hydrogen) atoms. The number of aryl methyl sites for hydroxylation is 2. The molecule has 118 valence electrons. The van der Waals surface area contributed by atoms with Crippen LogP contribution in [0, 0.1) is 13.8 Å². The molecule has 1 aliphatic rings. The molecule has 1 N–H and O–H groups in total. The van der Waals surface area contributed by atoms with Crippen LogP contribution in [-0.4, -0.2) is 6.21 Å². The van der Waals surface area contributed by atoms with Crippen molar-refractivity contribution >= 4 is 6.21 Å². The van der Waals surface area contributed by atoms with Gasteiger partial charge in [0.15, 0.2) is 0 Å². The molecule has 0 aromatic heterocycles. The smallest absolute Gasteiger partial charge is 0.0951 e. The van der Waals surface area contributed by atoms with E-state index >= 15 is 0 Å². The number of nitrogens with one attached hydrogen (secondary N) is 1. The first-order valence-corrected chi connectivity index (χ1v) is 8.28. The van der Waals surface area contributed by atoms with Gasteiger partial charge in [0.1, 0.15) is 0 Å². The number of fused-ring (bicyclic) bond motifs is 3. The van der Waals surface area contributed by atoms with E-state index in [1.54, 1.807) is 0 Å². The van der Waals surface area contributed by atoms with Gasteiger partial charge in [-0.15, -0.1) is 0 Å². The highest BCUT2D eigenvalue weighted by atomic mass is 15.3. The molecule has 4 rings (SSSR count). The third-order valence-corrected chi connectivity index (χ3v) is 4.68. The predicted molar refractivity (Wildman–Crippen MR) is 100 cm³/mol. The molecule has 0 saturated heterocycles. The van der Waals surface area contributed by atoms with Crippen LogP contribution >= 0.6 is 0 Å². The molecule has 0 radical (unpaired) electrons. The summed E-state index contributed by atoms with van der Waals surface area (Å²) in [6.07, 6.45) is 1.92. The fraction of sp³-hybridized carbons (Fsp3) is 0.136. The summed E-state index contributed by atoms with van der Waals surface area (Å²) in [6.45, 7) is 4.22. The van der Waals surface area contributed by atoms with Gasteiger partial charge in [0.05, 0.1) is 12.3 Å². The Morgan fingerprint density at radius 3 is 2.12 bits per heavy atom. The van der Waals surface area contributed by atoms with Gasteiger partial charge in [0, 0.05) is 0 Å². The van der Waals surface area contributed by atoms with Crippen molar-refractivity contribution in [3.05, 3.63) is 94.5 Å². The highest BCUT2D eigenvalue weighted by Crippen LogP contribution is 2.42. The minimum Gasteiger partial charge on any atom is -0.298 e. The topological polar surface area (TPSA) is 24.4 Å². The molecule has 0 bridgehead atoms. The second-order valence-corrected chi connectivity index (χ2v) is 6.35. The number of rotatable bonds is 3. The molecule has 0 atom stereocenters. The summed E-state index contributed by atoms with van der Waals surface area (Å²) in [5, 5.41) is 4.55. The Labute approximate surface area is 142 Å². The highest BCUT2D eigenvalue weighted by Gasteiger charge is 2.27. The fourth-order valence-electron chi connectivity index (χ4n) is 3.37. The first-order chi connectivity index (χ1) is 11.7. The van der Waals surface area contributed by atoms with Crippen LogP contribution < -0.4 is 5.43 Å². The van der Waals surface area contributed by atoms with Crippen LogP contribution in [0.3, 0.4) is 0 Å². The van der Waals surface area contributed by atoms with Gasteiger partial charge in [-0.3, -0.25) is 5.43 Å². The maximum Gasteiger partial charge on any atom is 0.0951 e. The largest absolute Gasteiger partial charge is 0.298 e. The third kappa shape index (κ3) is 2.50. The first kappa shape index (κ1) is 14.7. The molecule has 0 unspecified atom stereocenters. The van der Waals surface area contributed by atoms with Crippen molar-refractivity contribution < 1.29 is 0 Å². The third-order valence-electron chi connectivity index (χ3n) is 4.68. The standard InChI is InChI=1S/C22H20N2/c1-15-11-12-16(2)17(13-15)14-23-24-22-20-9-5-3-7-18(20)19-8-4-6-10-21(19)22/h3-14,22,24H,1-2H3/b23-14+. The first-order valence-electron chi connectivity index (χ1n) is 8.28. The lowest BCUT2D eigenvalue weighted by Crippen LogP contribution is -2.14. The zero-order valence-electron chi connectivity index (χ0n) is 14.0. The van der Waals surface area contributed by atoms with E-state index in [1.165, 1.54) is 33.4 Å². The van der Waals surface area contributed by atoms with E-state index in [9.17, 15) is 0 Å². The van der Waals surface area contributed by atoms with Crippen LogP contribution in [0.25, 0.3) is 11.1 Å². The minimum absolute atomic E-state index is 0.110. The monoisotopic (exact) mass is 312 g/mol. The summed E-state index contributed by atoms with van der Waals surface area (Å²) in [4.78, 5) is 0. The Morgan fingerprint density at radius 2 is 1.46 bits per heavy atom. The molecular formula is C22H20N2. The van der Waals surface area contributed by atoms with E-state index in [-0.39, 0.29) is 6.04 Å². The van der Waals surface area contributed by atoms with Crippen LogP contribution in [-0.2, 0) is 0 Å². The molecule has 2 nitrogen and oxygen atoms in total. The van der Waals surface area contributed by atoms with Crippen molar-refractivity contribution in [2.24, 2.45) is 5.10 Å². The number of hydrogen-bond acceptors (Lipinski definition) is 2. The number of nitrogens with zero attached hydrogens (tertiary/aromatic N) is 1. The van der Waals surface area contributed by atoms with Crippen LogP contribution in [0.2, 0.25) is 0 Å². The Morgan fingerprint density at radius 1 is 0.833 bits per heavy atom. The van der Waals surface area contributed by atoms with E-state index in [4.69, 9.17) is 0 Å². The molecule has 2 heteroatoms. The Kier molecular flexibility index (Phi) is 3.66. The van der Waals surface area contributed by atoms with E-state index in [2.05, 4.69) is 91.1 Å². The summed E-state index contributed by atoms with van der Waals surface area (Å²) >= 11 is 0. The molecule has 0 aliphatic heterocycles. The van der Waals surface area contributed by atoms with Gasteiger partial charge in [-0.25, -0.2) is 0 Å². The van der Waals surface area contributed by atoms with Crippen molar-refractivity contribution in [2.45, 2.75) is 19.9 Å². The Hall–Kier alpha value is -2.87. The quantitative estimate of drug-likeness (QED) is 0.534. The van der Waals surface area contributed by atoms with Gasteiger partial charge >= 0.3 is 0 Å². The van der Waals surface area contributed by atoms with Crippen LogP contribution in [0.4, 0.5) is 0 Å². The summed E-state index contributed by atoms with van der Waals surface area (Å²) < 4.78 is 0. The molecule has 1 aliphatic carbocycles. The molecule has 3 aromatic rings. The summed E-state index contributed by atoms with van der Waals surface area (Å²) in [6, 6.07) is 23.6. The van der Waals surface area contributed by atoms with E-state index in [1.807, 2.05) is 6.21 Å². The number of benzene rings is 3. The van der Waals surface area contributed by atoms with Crippen molar-refractivity contribution in [1.82, 2.24) is 5.43 Å². The fourth-order valence-corrected chi connectivity index (χ4v) is 3.37. The van der Waals surface area contributed by atoms with Gasteiger partial charge < -0.3 is 0 Å². The van der Waals surface area contributed by atoms with Gasteiger partial charge in [-0.2, -0.15) is 5.10 Å². The lowest BCUT2D eigenvalue weighted by atomic mass is 10.1. The maximum absolute atomic E-state index is 4.55. The van der Waals surface area contributed by atoms with Gasteiger partial charge in [-0.05, 0) is 47.2 Å². The van der Waals surface area contributed by atoms with Crippen molar-refractivity contribution in [3.63, 3.8) is 0 Å². The van der Waals surface area contributed by atoms with Crippen molar-refractivity contribution in [2.75, 3.05) is 0 Å². The van der Waals surface area contributed by atoms with Gasteiger partial charge in [0.2, 0.25) is 0 Å². The predicted octanol–water partition coefficient (Wildman–Crippen LogP) is 5.00. The van der Waals surface area contributed by atoms with Crippen LogP contribution in [0.15, 0.2) is 71.8 Å². The molecule has 0 saturated carbocycles. The van der Waals surface area contributed by atoms with Gasteiger partial charge in [0.25, 0.3) is 0 Å². The highest BCUT2D eigenvalue weighted by molar-refractivity contribution is 5.82. The summed E-state index contributed by atoms with van der Waals surface area (Å²) in [5.74, 6) is 0. The number of hydrogen-bond donors (Lipinski definition) is 1. The molecule has 0 spiro atoms. The van der Waals surface area contributed by atoms with Crippen LogP contribution in [0.5, 0.6) is 0 Å². The van der Waals surface area contributed by atoms with Crippen LogP contribution in [0.1, 0.15) is 33.9 Å².